The number of nitrogens with one attached hydrogen (secondary N) is 1. The second-order valence-electron chi connectivity index (χ2n) is 4.74. The molecule has 1 aromatic carbocycles. The highest BCUT2D eigenvalue weighted by Crippen LogP contribution is 2.26. The van der Waals surface area contributed by atoms with Crippen molar-refractivity contribution in [2.75, 3.05) is 13.7 Å². The van der Waals surface area contributed by atoms with Crippen LogP contribution in [-0.4, -0.2) is 23.4 Å². The molecule has 1 N–H and O–H groups in total. The van der Waals surface area contributed by atoms with E-state index in [-0.39, 0.29) is 11.9 Å². The average molecular weight is 277 g/mol. The molecule has 2 aromatic rings. The summed E-state index contributed by atoms with van der Waals surface area (Å²) in [6.07, 6.45) is 2.53. The lowest BCUT2D eigenvalue weighted by atomic mass is 10.1. The second-order valence-corrected chi connectivity index (χ2v) is 4.74. The Balaban J connectivity index is 2.04. The molecule has 1 unspecified atom stereocenters. The molecule has 0 saturated carbocycles. The Morgan fingerprint density at radius 1 is 1.40 bits per heavy atom. The molecule has 0 saturated heterocycles. The first-order chi connectivity index (χ1) is 9.61. The number of halogens is 1. The average Bonchev–Trinajstić information content (AvgIpc) is 2.85. The number of nitrogens with zero attached hydrogens (tertiary/aromatic N) is 2. The highest BCUT2D eigenvalue weighted by molar-refractivity contribution is 5.36. The fraction of sp³-hybridized carbons (Fsp3) is 0.400. The van der Waals surface area contributed by atoms with Gasteiger partial charge in [0.05, 0.1) is 6.61 Å². The van der Waals surface area contributed by atoms with Crippen molar-refractivity contribution in [3.63, 3.8) is 0 Å². The highest BCUT2D eigenvalue weighted by atomic mass is 19.1. The van der Waals surface area contributed by atoms with Crippen LogP contribution in [0.2, 0.25) is 0 Å². The summed E-state index contributed by atoms with van der Waals surface area (Å²) < 4.78 is 21.0. The quantitative estimate of drug-likeness (QED) is 0.881. The molecule has 0 aliphatic carbocycles. The van der Waals surface area contributed by atoms with Crippen molar-refractivity contribution >= 4 is 0 Å². The first kappa shape index (κ1) is 14.5. The molecule has 2 rings (SSSR count). The minimum Gasteiger partial charge on any atom is -0.493 e. The standard InChI is InChI=1S/C15H20FN3O/c1-11(17-2)14-10-12(16)4-5-15(14)20-9-7-13-6-8-18-19(13)3/h4-6,8,10-11,17H,7,9H2,1-3H3. The van der Waals surface area contributed by atoms with Crippen molar-refractivity contribution in [3.05, 3.63) is 47.5 Å². The van der Waals surface area contributed by atoms with E-state index in [1.807, 2.05) is 31.8 Å². The van der Waals surface area contributed by atoms with Crippen LogP contribution in [0.15, 0.2) is 30.5 Å². The van der Waals surface area contributed by atoms with Gasteiger partial charge in [-0.15, -0.1) is 0 Å². The summed E-state index contributed by atoms with van der Waals surface area (Å²) in [6, 6.07) is 6.62. The van der Waals surface area contributed by atoms with Gasteiger partial charge in [-0.25, -0.2) is 4.39 Å². The Morgan fingerprint density at radius 2 is 2.20 bits per heavy atom. The van der Waals surface area contributed by atoms with E-state index in [4.69, 9.17) is 4.74 Å². The number of hydrogen-bond acceptors (Lipinski definition) is 3. The predicted octanol–water partition coefficient (Wildman–Crippen LogP) is 2.46. The van der Waals surface area contributed by atoms with E-state index in [1.54, 1.807) is 12.3 Å². The van der Waals surface area contributed by atoms with Gasteiger partial charge >= 0.3 is 0 Å². The second kappa shape index (κ2) is 6.52. The molecule has 0 radical (unpaired) electrons. The van der Waals surface area contributed by atoms with Crippen LogP contribution in [0.3, 0.4) is 0 Å². The van der Waals surface area contributed by atoms with E-state index < -0.39 is 0 Å². The molecule has 0 aliphatic heterocycles. The molecular weight excluding hydrogens is 257 g/mol. The maximum Gasteiger partial charge on any atom is 0.124 e. The molecule has 0 aliphatic rings. The van der Waals surface area contributed by atoms with Crippen molar-refractivity contribution in [3.8, 4) is 5.75 Å². The fourth-order valence-corrected chi connectivity index (χ4v) is 2.06. The summed E-state index contributed by atoms with van der Waals surface area (Å²) in [5.41, 5.74) is 1.94. The van der Waals surface area contributed by atoms with Gasteiger partial charge in [0.2, 0.25) is 0 Å². The number of aryl methyl sites for hydroxylation is 1. The van der Waals surface area contributed by atoms with Crippen LogP contribution in [0, 0.1) is 5.82 Å². The third-order valence-corrected chi connectivity index (χ3v) is 3.41. The van der Waals surface area contributed by atoms with Crippen LogP contribution < -0.4 is 10.1 Å². The van der Waals surface area contributed by atoms with Gasteiger partial charge in [-0.2, -0.15) is 5.10 Å². The molecule has 1 heterocycles. The van der Waals surface area contributed by atoms with E-state index in [9.17, 15) is 4.39 Å². The minimum absolute atomic E-state index is 0.0393. The Labute approximate surface area is 118 Å². The molecule has 0 amide bonds. The van der Waals surface area contributed by atoms with Gasteiger partial charge in [0.1, 0.15) is 11.6 Å². The lowest BCUT2D eigenvalue weighted by molar-refractivity contribution is 0.311. The van der Waals surface area contributed by atoms with Crippen LogP contribution in [-0.2, 0) is 13.5 Å². The predicted molar refractivity (Wildman–Crippen MR) is 76.3 cm³/mol. The number of aromatic nitrogens is 2. The van der Waals surface area contributed by atoms with E-state index in [0.29, 0.717) is 6.61 Å². The molecule has 20 heavy (non-hydrogen) atoms. The van der Waals surface area contributed by atoms with E-state index in [1.165, 1.54) is 12.1 Å². The number of rotatable bonds is 6. The van der Waals surface area contributed by atoms with Crippen LogP contribution in [0.5, 0.6) is 5.75 Å². The Morgan fingerprint density at radius 3 is 2.85 bits per heavy atom. The summed E-state index contributed by atoms with van der Waals surface area (Å²) in [5, 5.41) is 7.22. The van der Waals surface area contributed by atoms with Crippen molar-refractivity contribution in [2.24, 2.45) is 7.05 Å². The van der Waals surface area contributed by atoms with E-state index in [2.05, 4.69) is 10.4 Å². The Bertz CT molecular complexity index is 568. The number of hydrogen-bond donors (Lipinski definition) is 1. The van der Waals surface area contributed by atoms with E-state index >= 15 is 0 Å². The van der Waals surface area contributed by atoms with Gasteiger partial charge in [-0.1, -0.05) is 0 Å². The third-order valence-electron chi connectivity index (χ3n) is 3.41. The summed E-state index contributed by atoms with van der Waals surface area (Å²) >= 11 is 0. The van der Waals surface area contributed by atoms with E-state index in [0.717, 1.165) is 23.4 Å². The van der Waals surface area contributed by atoms with Gasteiger partial charge in [0, 0.05) is 37.0 Å². The number of benzene rings is 1. The molecule has 1 atom stereocenters. The topological polar surface area (TPSA) is 39.1 Å². The van der Waals surface area contributed by atoms with Crippen LogP contribution in [0.4, 0.5) is 4.39 Å². The largest absolute Gasteiger partial charge is 0.493 e. The summed E-state index contributed by atoms with van der Waals surface area (Å²) in [7, 11) is 3.75. The minimum atomic E-state index is -0.249. The highest BCUT2D eigenvalue weighted by Gasteiger charge is 2.11. The number of ether oxygens (including phenoxy) is 1. The van der Waals surface area contributed by atoms with Crippen molar-refractivity contribution < 1.29 is 9.13 Å². The van der Waals surface area contributed by atoms with Crippen molar-refractivity contribution in [1.82, 2.24) is 15.1 Å². The summed E-state index contributed by atoms with van der Waals surface area (Å²) in [6.45, 7) is 2.51. The van der Waals surface area contributed by atoms with Gasteiger partial charge in [0.15, 0.2) is 0 Å². The van der Waals surface area contributed by atoms with Crippen LogP contribution in [0.25, 0.3) is 0 Å². The lowest BCUT2D eigenvalue weighted by Crippen LogP contribution is -2.15. The smallest absolute Gasteiger partial charge is 0.124 e. The summed E-state index contributed by atoms with van der Waals surface area (Å²) in [5.74, 6) is 0.469. The van der Waals surface area contributed by atoms with Gasteiger partial charge < -0.3 is 10.1 Å². The third kappa shape index (κ3) is 3.36. The molecule has 4 nitrogen and oxygen atoms in total. The molecule has 108 valence electrons. The SMILES string of the molecule is CNC(C)c1cc(F)ccc1OCCc1ccnn1C. The zero-order chi connectivity index (χ0) is 14.5. The van der Waals surface area contributed by atoms with Gasteiger partial charge in [0.25, 0.3) is 0 Å². The Kier molecular flexibility index (Phi) is 4.74. The maximum absolute atomic E-state index is 13.3. The maximum atomic E-state index is 13.3. The molecule has 0 spiro atoms. The zero-order valence-corrected chi connectivity index (χ0v) is 12.1. The molecule has 0 bridgehead atoms. The molecule has 1 aromatic heterocycles. The van der Waals surface area contributed by atoms with Gasteiger partial charge in [-0.05, 0) is 38.2 Å². The summed E-state index contributed by atoms with van der Waals surface area (Å²) in [4.78, 5) is 0. The fourth-order valence-electron chi connectivity index (χ4n) is 2.06. The first-order valence-corrected chi connectivity index (χ1v) is 6.68. The molecular formula is C15H20FN3O. The van der Waals surface area contributed by atoms with Gasteiger partial charge in [-0.3, -0.25) is 4.68 Å². The Hall–Kier alpha value is -1.88. The first-order valence-electron chi connectivity index (χ1n) is 6.68. The van der Waals surface area contributed by atoms with Crippen LogP contribution >= 0.6 is 0 Å². The monoisotopic (exact) mass is 277 g/mol. The molecule has 0 fully saturated rings. The normalized spacial score (nSPS) is 12.4. The van der Waals surface area contributed by atoms with Crippen molar-refractivity contribution in [1.29, 1.82) is 0 Å². The molecule has 5 heteroatoms. The lowest BCUT2D eigenvalue weighted by Gasteiger charge is -2.16. The van der Waals surface area contributed by atoms with Crippen molar-refractivity contribution in [2.45, 2.75) is 19.4 Å². The van der Waals surface area contributed by atoms with Crippen LogP contribution in [0.1, 0.15) is 24.2 Å². The zero-order valence-electron chi connectivity index (χ0n) is 12.1.